The predicted octanol–water partition coefficient (Wildman–Crippen LogP) is 0.0854. The molecular weight excluding hydrogens is 362 g/mol. The molecule has 0 aliphatic heterocycles. The van der Waals surface area contributed by atoms with Crippen LogP contribution in [-0.4, -0.2) is 31.0 Å². The zero-order chi connectivity index (χ0) is 19.6. The Morgan fingerprint density at radius 1 is 1.18 bits per heavy atom. The summed E-state index contributed by atoms with van der Waals surface area (Å²) in [5.74, 6) is -1.10. The van der Waals surface area contributed by atoms with Gasteiger partial charge in [0.1, 0.15) is 0 Å². The number of carboxylic acids is 1. The molecule has 0 N–H and O–H groups in total. The van der Waals surface area contributed by atoms with Gasteiger partial charge in [0.2, 0.25) is 0 Å². The normalized spacial score (nSPS) is 19.0. The summed E-state index contributed by atoms with van der Waals surface area (Å²) in [5, 5.41) is 10.9. The molecule has 0 radical (unpaired) electrons. The zero-order valence-electron chi connectivity index (χ0n) is 16.0. The molecule has 7 heteroatoms. The number of halogens is 3. The number of rotatable bonds is 5. The van der Waals surface area contributed by atoms with Crippen molar-refractivity contribution in [1.29, 1.82) is 0 Å². The van der Waals surface area contributed by atoms with Crippen molar-refractivity contribution < 1.29 is 41.9 Å². The SMILES string of the molecule is CN(CC(=O)[O-])C[C@H]1CCc2cc(C(F)(F)F)ccc2[C@H]1c1ccccc1.[Li+]. The van der Waals surface area contributed by atoms with Gasteiger partial charge < -0.3 is 14.8 Å². The quantitative estimate of drug-likeness (QED) is 0.688. The first kappa shape index (κ1) is 22.5. The predicted molar refractivity (Wildman–Crippen MR) is 94.0 cm³/mol. The van der Waals surface area contributed by atoms with Gasteiger partial charge in [-0.3, -0.25) is 0 Å². The van der Waals surface area contributed by atoms with Gasteiger partial charge in [-0.25, -0.2) is 0 Å². The average molecular weight is 383 g/mol. The number of carbonyl (C=O) groups excluding carboxylic acids is 1. The van der Waals surface area contributed by atoms with Crippen LogP contribution in [0.15, 0.2) is 48.5 Å². The van der Waals surface area contributed by atoms with Crippen LogP contribution in [0.25, 0.3) is 0 Å². The van der Waals surface area contributed by atoms with Crippen molar-refractivity contribution in [2.75, 3.05) is 20.1 Å². The summed E-state index contributed by atoms with van der Waals surface area (Å²) in [6, 6.07) is 13.7. The number of alkyl halides is 3. The molecular formula is C21H21F3LiNO2. The Kier molecular flexibility index (Phi) is 7.38. The smallest absolute Gasteiger partial charge is 0.549 e. The Bertz CT molecular complexity index is 811. The van der Waals surface area contributed by atoms with Crippen LogP contribution in [0.3, 0.4) is 0 Å². The van der Waals surface area contributed by atoms with Gasteiger partial charge in [0, 0.05) is 19.0 Å². The number of carboxylic acid groups (broad SMARTS) is 1. The fourth-order valence-corrected chi connectivity index (χ4v) is 4.06. The fourth-order valence-electron chi connectivity index (χ4n) is 4.06. The van der Waals surface area contributed by atoms with E-state index in [2.05, 4.69) is 0 Å². The topological polar surface area (TPSA) is 43.4 Å². The van der Waals surface area contributed by atoms with Crippen LogP contribution in [-0.2, 0) is 17.4 Å². The van der Waals surface area contributed by atoms with Crippen LogP contribution in [0.4, 0.5) is 13.2 Å². The molecule has 3 rings (SSSR count). The van der Waals surface area contributed by atoms with E-state index < -0.39 is 17.7 Å². The van der Waals surface area contributed by atoms with Crippen molar-refractivity contribution in [2.45, 2.75) is 24.9 Å². The molecule has 2 atom stereocenters. The number of hydrogen-bond donors (Lipinski definition) is 0. The summed E-state index contributed by atoms with van der Waals surface area (Å²) in [6.45, 7) is 0.367. The van der Waals surface area contributed by atoms with Gasteiger partial charge >= 0.3 is 25.0 Å². The minimum Gasteiger partial charge on any atom is -0.549 e. The molecule has 28 heavy (non-hydrogen) atoms. The Morgan fingerprint density at radius 3 is 2.46 bits per heavy atom. The van der Waals surface area contributed by atoms with E-state index in [0.29, 0.717) is 19.4 Å². The molecule has 2 aromatic rings. The molecule has 0 saturated heterocycles. The second-order valence-electron chi connectivity index (χ2n) is 7.17. The molecule has 0 amide bonds. The molecule has 0 fully saturated rings. The maximum Gasteiger partial charge on any atom is 1.00 e. The molecule has 0 bridgehead atoms. The van der Waals surface area contributed by atoms with Gasteiger partial charge in [-0.15, -0.1) is 0 Å². The molecule has 0 spiro atoms. The van der Waals surface area contributed by atoms with Crippen LogP contribution in [0, 0.1) is 5.92 Å². The first-order valence-corrected chi connectivity index (χ1v) is 8.89. The molecule has 3 nitrogen and oxygen atoms in total. The fraction of sp³-hybridized carbons (Fsp3) is 0.381. The summed E-state index contributed by atoms with van der Waals surface area (Å²) >= 11 is 0. The van der Waals surface area contributed by atoms with Crippen LogP contribution in [0.1, 0.15) is 34.6 Å². The van der Waals surface area contributed by atoms with Crippen molar-refractivity contribution in [3.05, 3.63) is 70.8 Å². The maximum atomic E-state index is 13.1. The third kappa shape index (κ3) is 5.19. The van der Waals surface area contributed by atoms with Crippen LogP contribution < -0.4 is 24.0 Å². The number of aliphatic carboxylic acids is 1. The van der Waals surface area contributed by atoms with Crippen LogP contribution in [0.5, 0.6) is 0 Å². The summed E-state index contributed by atoms with van der Waals surface area (Å²) < 4.78 is 39.2. The largest absolute Gasteiger partial charge is 1.00 e. The molecule has 1 aliphatic carbocycles. The Morgan fingerprint density at radius 2 is 1.86 bits per heavy atom. The van der Waals surface area contributed by atoms with Crippen molar-refractivity contribution in [3.63, 3.8) is 0 Å². The van der Waals surface area contributed by atoms with Gasteiger partial charge in [-0.2, -0.15) is 13.2 Å². The van der Waals surface area contributed by atoms with Crippen LogP contribution in [0.2, 0.25) is 0 Å². The van der Waals surface area contributed by atoms with E-state index in [1.54, 1.807) is 18.0 Å². The minimum absolute atomic E-state index is 0. The van der Waals surface area contributed by atoms with Crippen molar-refractivity contribution in [3.8, 4) is 0 Å². The number of fused-ring (bicyclic) bond motifs is 1. The van der Waals surface area contributed by atoms with Gasteiger partial charge in [0.25, 0.3) is 0 Å². The molecule has 2 aromatic carbocycles. The standard InChI is InChI=1S/C21H22F3NO2.Li/c1-25(13-19(26)27)12-16-8-7-15-11-17(21(22,23)24)9-10-18(15)20(16)14-5-3-2-4-6-14;/h2-6,9-11,16,20H,7-8,12-13H2,1H3,(H,26,27);/q;+1/p-1/t16-,20+;/m1./s1. The van der Waals surface area contributed by atoms with E-state index in [4.69, 9.17) is 0 Å². The van der Waals surface area contributed by atoms with E-state index in [1.165, 1.54) is 6.07 Å². The maximum absolute atomic E-state index is 13.1. The Hall–Kier alpha value is -1.74. The number of likely N-dealkylation sites (N-methyl/N-ethyl adjacent to an activating group) is 1. The number of hydrogen-bond acceptors (Lipinski definition) is 3. The third-order valence-electron chi connectivity index (χ3n) is 5.17. The zero-order valence-corrected chi connectivity index (χ0v) is 16.0. The van der Waals surface area contributed by atoms with Gasteiger partial charge in [0.15, 0.2) is 0 Å². The summed E-state index contributed by atoms with van der Waals surface area (Å²) in [5.41, 5.74) is 2.02. The molecule has 144 valence electrons. The number of nitrogens with zero attached hydrogens (tertiary/aromatic N) is 1. The van der Waals surface area contributed by atoms with E-state index in [9.17, 15) is 23.1 Å². The Balaban J connectivity index is 0.00000280. The number of benzene rings is 2. The number of aryl methyl sites for hydroxylation is 1. The van der Waals surface area contributed by atoms with Crippen LogP contribution >= 0.6 is 0 Å². The third-order valence-corrected chi connectivity index (χ3v) is 5.17. The molecule has 0 heterocycles. The van der Waals surface area contributed by atoms with Gasteiger partial charge in [-0.05, 0) is 54.6 Å². The van der Waals surface area contributed by atoms with Gasteiger partial charge in [0.05, 0.1) is 11.5 Å². The average Bonchev–Trinajstić information content (AvgIpc) is 2.60. The second kappa shape index (κ2) is 9.17. The number of carbonyl (C=O) groups is 1. The first-order valence-electron chi connectivity index (χ1n) is 8.89. The monoisotopic (exact) mass is 383 g/mol. The molecule has 0 saturated carbocycles. The van der Waals surface area contributed by atoms with E-state index in [0.717, 1.165) is 22.8 Å². The van der Waals surface area contributed by atoms with Crippen molar-refractivity contribution in [2.24, 2.45) is 5.92 Å². The van der Waals surface area contributed by atoms with E-state index in [1.807, 2.05) is 30.3 Å². The second-order valence-corrected chi connectivity index (χ2v) is 7.17. The summed E-state index contributed by atoms with van der Waals surface area (Å²) in [4.78, 5) is 12.6. The minimum atomic E-state index is -4.36. The van der Waals surface area contributed by atoms with Crippen molar-refractivity contribution >= 4 is 5.97 Å². The molecule has 0 aromatic heterocycles. The molecule has 1 aliphatic rings. The van der Waals surface area contributed by atoms with E-state index >= 15 is 0 Å². The molecule has 0 unspecified atom stereocenters. The van der Waals surface area contributed by atoms with E-state index in [-0.39, 0.29) is 37.2 Å². The van der Waals surface area contributed by atoms with Crippen molar-refractivity contribution in [1.82, 2.24) is 4.90 Å². The first-order chi connectivity index (χ1) is 12.8. The summed E-state index contributed by atoms with van der Waals surface area (Å²) in [6.07, 6.45) is -3.11. The Labute approximate surface area is 174 Å². The summed E-state index contributed by atoms with van der Waals surface area (Å²) in [7, 11) is 1.72. The van der Waals surface area contributed by atoms with Gasteiger partial charge in [-0.1, -0.05) is 36.4 Å².